The second-order valence-corrected chi connectivity index (χ2v) is 6.15. The number of methoxy groups -OCH3 is 1. The minimum atomic E-state index is -0.410. The van der Waals surface area contributed by atoms with Crippen molar-refractivity contribution in [3.8, 4) is 5.69 Å². The zero-order valence-electron chi connectivity index (χ0n) is 15.4. The van der Waals surface area contributed by atoms with E-state index in [4.69, 9.17) is 4.74 Å². The van der Waals surface area contributed by atoms with E-state index in [-0.39, 0.29) is 6.61 Å². The topological polar surface area (TPSA) is 70.4 Å². The number of aromatic nitrogens is 2. The molecule has 0 fully saturated rings. The van der Waals surface area contributed by atoms with Crippen molar-refractivity contribution < 1.29 is 19.1 Å². The molecule has 1 heterocycles. The molecule has 0 aliphatic carbocycles. The van der Waals surface area contributed by atoms with Crippen LogP contribution in [0.5, 0.6) is 0 Å². The molecule has 0 spiro atoms. The van der Waals surface area contributed by atoms with Gasteiger partial charge in [0.05, 0.1) is 29.6 Å². The van der Waals surface area contributed by atoms with E-state index in [1.165, 1.54) is 7.11 Å². The number of ether oxygens (including phenoxy) is 2. The number of carbonyl (C=O) groups is 2. The van der Waals surface area contributed by atoms with Crippen molar-refractivity contribution >= 4 is 11.9 Å². The van der Waals surface area contributed by atoms with Gasteiger partial charge in [0, 0.05) is 5.69 Å². The predicted molar refractivity (Wildman–Crippen MR) is 99.9 cm³/mol. The Morgan fingerprint density at radius 2 is 1.52 bits per heavy atom. The van der Waals surface area contributed by atoms with Crippen molar-refractivity contribution in [3.05, 3.63) is 82.7 Å². The van der Waals surface area contributed by atoms with Gasteiger partial charge in [-0.05, 0) is 61.9 Å². The highest BCUT2D eigenvalue weighted by Crippen LogP contribution is 2.14. The van der Waals surface area contributed by atoms with E-state index in [0.29, 0.717) is 11.1 Å². The molecule has 0 aliphatic heterocycles. The minimum absolute atomic E-state index is 0.125. The van der Waals surface area contributed by atoms with Crippen molar-refractivity contribution in [3.63, 3.8) is 0 Å². The number of hydrogen-bond acceptors (Lipinski definition) is 5. The van der Waals surface area contributed by atoms with Gasteiger partial charge in [0.1, 0.15) is 6.61 Å². The van der Waals surface area contributed by atoms with Crippen molar-refractivity contribution in [2.75, 3.05) is 7.11 Å². The molecular weight excluding hydrogens is 344 g/mol. The zero-order valence-corrected chi connectivity index (χ0v) is 15.4. The van der Waals surface area contributed by atoms with Crippen LogP contribution in [0.15, 0.2) is 54.6 Å². The fourth-order valence-corrected chi connectivity index (χ4v) is 2.72. The molecule has 0 bridgehead atoms. The highest BCUT2D eigenvalue weighted by molar-refractivity contribution is 5.90. The Kier molecular flexibility index (Phi) is 5.35. The molecule has 27 heavy (non-hydrogen) atoms. The molecule has 0 N–H and O–H groups in total. The fourth-order valence-electron chi connectivity index (χ4n) is 2.72. The number of benzene rings is 2. The largest absolute Gasteiger partial charge is 0.465 e. The molecule has 1 aromatic heterocycles. The smallest absolute Gasteiger partial charge is 0.338 e. The summed E-state index contributed by atoms with van der Waals surface area (Å²) < 4.78 is 11.8. The lowest BCUT2D eigenvalue weighted by atomic mass is 10.1. The van der Waals surface area contributed by atoms with Crippen molar-refractivity contribution in [2.45, 2.75) is 20.5 Å². The number of nitrogens with zero attached hydrogens (tertiary/aromatic N) is 2. The van der Waals surface area contributed by atoms with E-state index < -0.39 is 11.9 Å². The second kappa shape index (κ2) is 7.86. The van der Waals surface area contributed by atoms with E-state index >= 15 is 0 Å². The average molecular weight is 364 g/mol. The van der Waals surface area contributed by atoms with E-state index in [1.54, 1.807) is 36.4 Å². The van der Waals surface area contributed by atoms with E-state index in [0.717, 1.165) is 22.6 Å². The van der Waals surface area contributed by atoms with Gasteiger partial charge in [0.15, 0.2) is 0 Å². The Hall–Kier alpha value is -3.41. The molecular formula is C21H20N2O4. The van der Waals surface area contributed by atoms with Crippen LogP contribution in [0, 0.1) is 13.8 Å². The van der Waals surface area contributed by atoms with Gasteiger partial charge in [-0.15, -0.1) is 0 Å². The number of carbonyl (C=O) groups excluding carboxylic acids is 2. The minimum Gasteiger partial charge on any atom is -0.465 e. The molecule has 0 amide bonds. The summed E-state index contributed by atoms with van der Waals surface area (Å²) in [6, 6.07) is 15.8. The van der Waals surface area contributed by atoms with Crippen LogP contribution in [0.1, 0.15) is 37.7 Å². The monoisotopic (exact) mass is 364 g/mol. The summed E-state index contributed by atoms with van der Waals surface area (Å²) in [5.74, 6) is -0.812. The molecule has 2 aromatic carbocycles. The lowest BCUT2D eigenvalue weighted by Crippen LogP contribution is -2.06. The highest BCUT2D eigenvalue weighted by Gasteiger charge is 2.10. The fraction of sp³-hybridized carbons (Fsp3) is 0.190. The van der Waals surface area contributed by atoms with Crippen LogP contribution >= 0.6 is 0 Å². The van der Waals surface area contributed by atoms with Gasteiger partial charge in [-0.2, -0.15) is 5.10 Å². The molecule has 6 nitrogen and oxygen atoms in total. The van der Waals surface area contributed by atoms with Crippen LogP contribution in [-0.4, -0.2) is 28.8 Å². The standard InChI is InChI=1S/C21H20N2O4/c1-14-12-15(2)23(22-14)19-10-8-18(9-11-19)21(25)27-13-16-4-6-17(7-5-16)20(24)26-3/h4-12H,13H2,1-3H3. The Bertz CT molecular complexity index is 957. The first-order valence-electron chi connectivity index (χ1n) is 8.46. The highest BCUT2D eigenvalue weighted by atomic mass is 16.5. The summed E-state index contributed by atoms with van der Waals surface area (Å²) in [5, 5.41) is 4.42. The van der Waals surface area contributed by atoms with Gasteiger partial charge in [0.25, 0.3) is 0 Å². The maximum atomic E-state index is 12.2. The van der Waals surface area contributed by atoms with Crippen LogP contribution in [0.3, 0.4) is 0 Å². The van der Waals surface area contributed by atoms with Crippen molar-refractivity contribution in [2.24, 2.45) is 0 Å². The summed E-state index contributed by atoms with van der Waals surface area (Å²) in [5.41, 5.74) is 4.55. The van der Waals surface area contributed by atoms with Crippen LogP contribution in [0.25, 0.3) is 5.69 Å². The molecule has 138 valence electrons. The van der Waals surface area contributed by atoms with Crippen LogP contribution in [0.2, 0.25) is 0 Å². The van der Waals surface area contributed by atoms with Gasteiger partial charge in [-0.1, -0.05) is 12.1 Å². The summed E-state index contributed by atoms with van der Waals surface area (Å²) in [6.07, 6.45) is 0. The van der Waals surface area contributed by atoms with Gasteiger partial charge in [-0.3, -0.25) is 0 Å². The molecule has 0 atom stereocenters. The second-order valence-electron chi connectivity index (χ2n) is 6.15. The summed E-state index contributed by atoms with van der Waals surface area (Å²) in [4.78, 5) is 23.7. The molecule has 0 radical (unpaired) electrons. The Morgan fingerprint density at radius 3 is 2.07 bits per heavy atom. The van der Waals surface area contributed by atoms with Gasteiger partial charge in [0.2, 0.25) is 0 Å². The predicted octanol–water partition coefficient (Wildman–Crippen LogP) is 3.63. The summed E-state index contributed by atoms with van der Waals surface area (Å²) in [6.45, 7) is 4.04. The van der Waals surface area contributed by atoms with Crippen molar-refractivity contribution in [1.82, 2.24) is 9.78 Å². The zero-order chi connectivity index (χ0) is 19.4. The lowest BCUT2D eigenvalue weighted by molar-refractivity contribution is 0.0471. The molecule has 0 aliphatic rings. The van der Waals surface area contributed by atoms with E-state index in [9.17, 15) is 9.59 Å². The summed E-state index contributed by atoms with van der Waals surface area (Å²) in [7, 11) is 1.33. The average Bonchev–Trinajstić information content (AvgIpc) is 3.04. The lowest BCUT2D eigenvalue weighted by Gasteiger charge is -2.08. The molecule has 3 aromatic rings. The molecule has 0 saturated heterocycles. The number of aryl methyl sites for hydroxylation is 2. The molecule has 6 heteroatoms. The quantitative estimate of drug-likeness (QED) is 0.647. The van der Waals surface area contributed by atoms with Gasteiger partial charge in [-0.25, -0.2) is 14.3 Å². The number of esters is 2. The Balaban J connectivity index is 1.63. The Labute approximate surface area is 157 Å². The van der Waals surface area contributed by atoms with Gasteiger partial charge < -0.3 is 9.47 Å². The maximum Gasteiger partial charge on any atom is 0.338 e. The van der Waals surface area contributed by atoms with Crippen molar-refractivity contribution in [1.29, 1.82) is 0 Å². The van der Waals surface area contributed by atoms with Crippen LogP contribution in [-0.2, 0) is 16.1 Å². The van der Waals surface area contributed by atoms with E-state index in [1.807, 2.05) is 36.7 Å². The van der Waals surface area contributed by atoms with Crippen LogP contribution in [0.4, 0.5) is 0 Å². The maximum absolute atomic E-state index is 12.2. The molecule has 0 unspecified atom stereocenters. The molecule has 3 rings (SSSR count). The Morgan fingerprint density at radius 1 is 0.926 bits per heavy atom. The third-order valence-corrected chi connectivity index (χ3v) is 4.10. The van der Waals surface area contributed by atoms with Gasteiger partial charge >= 0.3 is 11.9 Å². The SMILES string of the molecule is COC(=O)c1ccc(COC(=O)c2ccc(-n3nc(C)cc3C)cc2)cc1. The normalized spacial score (nSPS) is 10.5. The van der Waals surface area contributed by atoms with E-state index in [2.05, 4.69) is 9.84 Å². The first-order chi connectivity index (χ1) is 13.0. The third kappa shape index (κ3) is 4.23. The third-order valence-electron chi connectivity index (χ3n) is 4.10. The summed E-state index contributed by atoms with van der Waals surface area (Å²) >= 11 is 0. The first-order valence-corrected chi connectivity index (χ1v) is 8.46. The first kappa shape index (κ1) is 18.4. The molecule has 0 saturated carbocycles. The number of hydrogen-bond donors (Lipinski definition) is 0. The number of rotatable bonds is 5. The van der Waals surface area contributed by atoms with Crippen LogP contribution < -0.4 is 0 Å².